The second-order valence-corrected chi connectivity index (χ2v) is 6.75. The van der Waals surface area contributed by atoms with Crippen molar-refractivity contribution in [1.82, 2.24) is 5.32 Å². The number of fused-ring (bicyclic) bond motifs is 1. The maximum absolute atomic E-state index is 12.9. The first-order valence-electron chi connectivity index (χ1n) is 8.08. The van der Waals surface area contributed by atoms with Crippen molar-refractivity contribution in [1.29, 1.82) is 0 Å². The van der Waals surface area contributed by atoms with E-state index in [2.05, 4.69) is 10.6 Å². The Labute approximate surface area is 161 Å². The third-order valence-electron chi connectivity index (χ3n) is 4.34. The Morgan fingerprint density at radius 1 is 0.964 bits per heavy atom. The van der Waals surface area contributed by atoms with E-state index >= 15 is 0 Å². The van der Waals surface area contributed by atoms with Crippen LogP contribution in [0.15, 0.2) is 42.5 Å². The number of halogens is 6. The van der Waals surface area contributed by atoms with E-state index in [0.717, 1.165) is 11.1 Å². The fourth-order valence-corrected chi connectivity index (χ4v) is 3.33. The number of benzene rings is 2. The lowest BCUT2D eigenvalue weighted by Crippen LogP contribution is -2.36. The first-order valence-corrected chi connectivity index (χ1v) is 8.49. The third-order valence-corrected chi connectivity index (χ3v) is 4.56. The van der Waals surface area contributed by atoms with E-state index < -0.39 is 41.3 Å². The molecule has 2 atom stereocenters. The Kier molecular flexibility index (Phi) is 5.28. The summed E-state index contributed by atoms with van der Waals surface area (Å²) in [5.74, 6) is 0. The molecule has 0 aliphatic heterocycles. The Morgan fingerprint density at radius 3 is 2.11 bits per heavy atom. The monoisotopic (exact) mass is 420 g/mol. The summed E-state index contributed by atoms with van der Waals surface area (Å²) >= 11 is 5.03. The summed E-state index contributed by atoms with van der Waals surface area (Å²) in [6.07, 6.45) is -10.4. The molecule has 0 fully saturated rings. The summed E-state index contributed by atoms with van der Waals surface area (Å²) in [6.45, 7) is 0. The van der Waals surface area contributed by atoms with Crippen LogP contribution in [0.2, 0.25) is 0 Å². The van der Waals surface area contributed by atoms with E-state index in [0.29, 0.717) is 18.6 Å². The van der Waals surface area contributed by atoms with E-state index in [1.807, 2.05) is 6.07 Å². The largest absolute Gasteiger partial charge is 0.416 e. The number of rotatable bonds is 2. The van der Waals surface area contributed by atoms with Gasteiger partial charge in [-0.3, -0.25) is 0 Å². The molecule has 0 spiro atoms. The van der Waals surface area contributed by atoms with Crippen molar-refractivity contribution in [3.05, 3.63) is 64.7 Å². The number of alkyl halides is 6. The minimum atomic E-state index is -4.95. The van der Waals surface area contributed by atoms with Crippen molar-refractivity contribution in [2.75, 3.05) is 5.32 Å². The Hall–Kier alpha value is -2.33. The van der Waals surface area contributed by atoms with Crippen LogP contribution in [0.25, 0.3) is 0 Å². The maximum Gasteiger partial charge on any atom is 0.416 e. The fraction of sp³-hybridized carbons (Fsp3) is 0.278. The van der Waals surface area contributed by atoms with Crippen LogP contribution in [0.3, 0.4) is 0 Å². The number of hydrogen-bond donors (Lipinski definition) is 3. The second-order valence-electron chi connectivity index (χ2n) is 6.34. The Balaban J connectivity index is 1.82. The van der Waals surface area contributed by atoms with Crippen molar-refractivity contribution in [2.24, 2.45) is 0 Å². The molecule has 3 nitrogen and oxygen atoms in total. The molecular formula is C18H14F6N2OS. The van der Waals surface area contributed by atoms with E-state index in [-0.39, 0.29) is 11.2 Å². The predicted molar refractivity (Wildman–Crippen MR) is 94.7 cm³/mol. The van der Waals surface area contributed by atoms with E-state index in [9.17, 15) is 31.4 Å². The molecule has 1 unspecified atom stereocenters. The summed E-state index contributed by atoms with van der Waals surface area (Å²) in [7, 11) is 0. The van der Waals surface area contributed by atoms with Crippen molar-refractivity contribution in [3.63, 3.8) is 0 Å². The molecule has 0 radical (unpaired) electrons. The number of aliphatic hydroxyl groups is 1. The molecule has 1 aliphatic rings. The van der Waals surface area contributed by atoms with Gasteiger partial charge in [-0.25, -0.2) is 0 Å². The maximum atomic E-state index is 12.9. The van der Waals surface area contributed by atoms with Crippen molar-refractivity contribution in [2.45, 2.75) is 30.9 Å². The molecule has 28 heavy (non-hydrogen) atoms. The van der Waals surface area contributed by atoms with Gasteiger partial charge in [0.25, 0.3) is 0 Å². The van der Waals surface area contributed by atoms with Crippen LogP contribution in [-0.4, -0.2) is 16.3 Å². The lowest BCUT2D eigenvalue weighted by molar-refractivity contribution is -0.143. The van der Waals surface area contributed by atoms with Gasteiger partial charge in [-0.2, -0.15) is 26.3 Å². The van der Waals surface area contributed by atoms with Crippen molar-refractivity contribution in [3.8, 4) is 0 Å². The number of thiocarbonyl (C=S) groups is 1. The van der Waals surface area contributed by atoms with E-state index in [1.165, 1.54) is 0 Å². The van der Waals surface area contributed by atoms with Crippen molar-refractivity contribution >= 4 is 23.0 Å². The average Bonchev–Trinajstić information content (AvgIpc) is 2.88. The summed E-state index contributed by atoms with van der Waals surface area (Å²) in [5.41, 5.74) is -1.70. The van der Waals surface area contributed by atoms with Gasteiger partial charge in [0.15, 0.2) is 5.11 Å². The van der Waals surface area contributed by atoms with Gasteiger partial charge in [0.05, 0.1) is 23.3 Å². The van der Waals surface area contributed by atoms with E-state index in [4.69, 9.17) is 12.2 Å². The predicted octanol–water partition coefficient (Wildman–Crippen LogP) is 4.67. The van der Waals surface area contributed by atoms with Crippen LogP contribution in [0.5, 0.6) is 0 Å². The molecule has 0 bridgehead atoms. The van der Waals surface area contributed by atoms with Crippen LogP contribution >= 0.6 is 12.2 Å². The molecule has 150 valence electrons. The average molecular weight is 420 g/mol. The molecule has 0 saturated heterocycles. The van der Waals surface area contributed by atoms with Gasteiger partial charge in [-0.05, 0) is 41.5 Å². The van der Waals surface area contributed by atoms with Gasteiger partial charge in [0.2, 0.25) is 0 Å². The van der Waals surface area contributed by atoms with Gasteiger partial charge in [0.1, 0.15) is 0 Å². The van der Waals surface area contributed by atoms with E-state index in [1.54, 1.807) is 18.2 Å². The lowest BCUT2D eigenvalue weighted by Gasteiger charge is -2.21. The summed E-state index contributed by atoms with van der Waals surface area (Å²) < 4.78 is 77.6. The fourth-order valence-electron chi connectivity index (χ4n) is 3.08. The molecule has 0 heterocycles. The van der Waals surface area contributed by atoms with Crippen LogP contribution in [0.1, 0.15) is 28.3 Å². The number of aliphatic hydroxyl groups excluding tert-OH is 1. The minimum absolute atomic E-state index is 0.0403. The van der Waals surface area contributed by atoms with Gasteiger partial charge in [-0.15, -0.1) is 0 Å². The molecule has 0 amide bonds. The highest BCUT2D eigenvalue weighted by molar-refractivity contribution is 7.80. The molecule has 1 aliphatic carbocycles. The van der Waals surface area contributed by atoms with Crippen LogP contribution in [0, 0.1) is 0 Å². The normalized spacial score (nSPS) is 19.2. The molecule has 3 N–H and O–H groups in total. The van der Waals surface area contributed by atoms with Crippen LogP contribution in [-0.2, 0) is 18.8 Å². The molecule has 10 heteroatoms. The number of hydrogen-bond acceptors (Lipinski definition) is 2. The minimum Gasteiger partial charge on any atom is -0.390 e. The van der Waals surface area contributed by atoms with Crippen LogP contribution in [0.4, 0.5) is 32.0 Å². The highest BCUT2D eigenvalue weighted by Crippen LogP contribution is 2.37. The van der Waals surface area contributed by atoms with Gasteiger partial charge in [-0.1, -0.05) is 24.3 Å². The Morgan fingerprint density at radius 2 is 1.54 bits per heavy atom. The smallest absolute Gasteiger partial charge is 0.390 e. The first kappa shape index (κ1) is 20.4. The highest BCUT2D eigenvalue weighted by atomic mass is 32.1. The molecular weight excluding hydrogens is 406 g/mol. The van der Waals surface area contributed by atoms with Gasteiger partial charge in [0, 0.05) is 12.1 Å². The highest BCUT2D eigenvalue weighted by Gasteiger charge is 2.37. The number of anilines is 1. The molecule has 0 saturated carbocycles. The molecule has 0 aromatic heterocycles. The zero-order valence-corrected chi connectivity index (χ0v) is 14.8. The summed E-state index contributed by atoms with van der Waals surface area (Å²) in [4.78, 5) is 0. The van der Waals surface area contributed by atoms with Crippen LogP contribution < -0.4 is 10.6 Å². The molecule has 2 aromatic carbocycles. The Bertz CT molecular complexity index is 864. The quantitative estimate of drug-likeness (QED) is 0.488. The standard InChI is InChI=1S/C18H14F6N2OS/c19-17(20,21)10-6-11(18(22,23)24)8-12(7-10)25-16(28)26-15-13-4-2-1-3-9(13)5-14(15)27/h1-4,6-8,14-15,27H,5H2,(H2,25,26,28)/t14-,15?/m0/s1. The number of nitrogens with one attached hydrogen (secondary N) is 2. The zero-order valence-electron chi connectivity index (χ0n) is 14.0. The molecule has 3 rings (SSSR count). The summed E-state index contributed by atoms with van der Waals surface area (Å²) in [5, 5.41) is 15.1. The first-order chi connectivity index (χ1) is 12.9. The SMILES string of the molecule is O[C@H]1Cc2ccccc2C1NC(=S)Nc1cc(C(F)(F)F)cc(C(F)(F)F)c1. The third kappa shape index (κ3) is 4.39. The summed E-state index contributed by atoms with van der Waals surface area (Å²) in [6, 6.07) is 7.64. The van der Waals surface area contributed by atoms with Gasteiger partial charge < -0.3 is 15.7 Å². The zero-order chi connectivity index (χ0) is 20.7. The second kappa shape index (κ2) is 7.25. The lowest BCUT2D eigenvalue weighted by atomic mass is 10.1. The topological polar surface area (TPSA) is 44.3 Å². The van der Waals surface area contributed by atoms with Crippen molar-refractivity contribution < 1.29 is 31.4 Å². The van der Waals surface area contributed by atoms with Gasteiger partial charge >= 0.3 is 12.4 Å². The molecule has 2 aromatic rings.